The van der Waals surface area contributed by atoms with Crippen molar-refractivity contribution in [1.29, 1.82) is 0 Å². The van der Waals surface area contributed by atoms with Gasteiger partial charge in [-0.15, -0.1) is 0 Å². The fraction of sp³-hybridized carbons (Fsp3) is 0.375. The lowest BCUT2D eigenvalue weighted by Crippen LogP contribution is -2.22. The van der Waals surface area contributed by atoms with Gasteiger partial charge in [-0.05, 0) is 44.5 Å². The minimum absolute atomic E-state index is 0.142. The van der Waals surface area contributed by atoms with Gasteiger partial charge >= 0.3 is 11.9 Å². The van der Waals surface area contributed by atoms with Crippen LogP contribution < -0.4 is 4.74 Å². The number of carbonyl (C=O) groups is 2. The van der Waals surface area contributed by atoms with E-state index in [4.69, 9.17) is 14.6 Å². The molecule has 0 spiro atoms. The van der Waals surface area contributed by atoms with E-state index < -0.39 is 17.5 Å². The summed E-state index contributed by atoms with van der Waals surface area (Å²) in [7, 11) is 1.48. The van der Waals surface area contributed by atoms with E-state index in [2.05, 4.69) is 0 Å². The SMILES string of the molecule is COc1ccc(/C=C/C(=O)OC(C)(C)C)cc1CC(=O)O. The van der Waals surface area contributed by atoms with E-state index in [1.54, 1.807) is 45.0 Å². The average Bonchev–Trinajstić information content (AvgIpc) is 2.34. The largest absolute Gasteiger partial charge is 0.496 e. The number of hydrogen-bond acceptors (Lipinski definition) is 4. The molecular weight excluding hydrogens is 272 g/mol. The molecule has 5 heteroatoms. The Balaban J connectivity index is 2.89. The second-order valence-electron chi connectivity index (χ2n) is 5.51. The number of aliphatic carboxylic acids is 1. The van der Waals surface area contributed by atoms with Crippen molar-refractivity contribution in [3.63, 3.8) is 0 Å². The lowest BCUT2D eigenvalue weighted by molar-refractivity contribution is -0.148. The normalized spacial score (nSPS) is 11.4. The molecule has 114 valence electrons. The van der Waals surface area contributed by atoms with E-state index in [1.165, 1.54) is 13.2 Å². The Kier molecular flexibility index (Phi) is 5.52. The molecular formula is C16H20O5. The van der Waals surface area contributed by atoms with Crippen LogP contribution in [0.15, 0.2) is 24.3 Å². The van der Waals surface area contributed by atoms with Gasteiger partial charge in [-0.3, -0.25) is 4.79 Å². The van der Waals surface area contributed by atoms with Crippen LogP contribution in [0.25, 0.3) is 6.08 Å². The first-order valence-corrected chi connectivity index (χ1v) is 6.51. The second kappa shape index (κ2) is 6.92. The van der Waals surface area contributed by atoms with Gasteiger partial charge in [-0.25, -0.2) is 4.79 Å². The van der Waals surface area contributed by atoms with Gasteiger partial charge in [0.15, 0.2) is 0 Å². The standard InChI is InChI=1S/C16H20O5/c1-16(2,3)21-15(19)8-6-11-5-7-13(20-4)12(9-11)10-14(17)18/h5-9H,10H2,1-4H3,(H,17,18)/b8-6+. The van der Waals surface area contributed by atoms with Gasteiger partial charge in [0.25, 0.3) is 0 Å². The number of carboxylic acids is 1. The maximum atomic E-state index is 11.6. The molecule has 0 aliphatic heterocycles. The number of rotatable bonds is 5. The number of esters is 1. The van der Waals surface area contributed by atoms with Crippen LogP contribution in [-0.2, 0) is 20.7 Å². The highest BCUT2D eigenvalue weighted by atomic mass is 16.6. The van der Waals surface area contributed by atoms with E-state index in [0.29, 0.717) is 16.9 Å². The lowest BCUT2D eigenvalue weighted by atomic mass is 10.1. The third-order valence-electron chi connectivity index (χ3n) is 2.46. The van der Waals surface area contributed by atoms with E-state index >= 15 is 0 Å². The summed E-state index contributed by atoms with van der Waals surface area (Å²) in [5, 5.41) is 8.88. The summed E-state index contributed by atoms with van der Waals surface area (Å²) < 4.78 is 10.3. The summed E-state index contributed by atoms with van der Waals surface area (Å²) in [4.78, 5) is 22.4. The number of carbonyl (C=O) groups excluding carboxylic acids is 1. The van der Waals surface area contributed by atoms with Crippen LogP contribution in [0.5, 0.6) is 5.75 Å². The first kappa shape index (κ1) is 16.8. The summed E-state index contributed by atoms with van der Waals surface area (Å²) >= 11 is 0. The highest BCUT2D eigenvalue weighted by molar-refractivity contribution is 5.87. The number of ether oxygens (including phenoxy) is 2. The second-order valence-corrected chi connectivity index (χ2v) is 5.51. The Morgan fingerprint density at radius 3 is 2.48 bits per heavy atom. The molecule has 1 rings (SSSR count). The van der Waals surface area contributed by atoms with Crippen LogP contribution in [0.2, 0.25) is 0 Å². The van der Waals surface area contributed by atoms with Crippen molar-refractivity contribution in [1.82, 2.24) is 0 Å². The van der Waals surface area contributed by atoms with Crippen LogP contribution in [0.1, 0.15) is 31.9 Å². The van der Waals surface area contributed by atoms with Crippen LogP contribution in [0.3, 0.4) is 0 Å². The molecule has 0 heterocycles. The van der Waals surface area contributed by atoms with E-state index in [1.807, 2.05) is 0 Å². The first-order valence-electron chi connectivity index (χ1n) is 6.51. The molecule has 0 aliphatic rings. The lowest BCUT2D eigenvalue weighted by Gasteiger charge is -2.17. The Hall–Kier alpha value is -2.30. The molecule has 0 aliphatic carbocycles. The zero-order valence-corrected chi connectivity index (χ0v) is 12.7. The summed E-state index contributed by atoms with van der Waals surface area (Å²) in [5.41, 5.74) is 0.713. The molecule has 0 saturated heterocycles. The highest BCUT2D eigenvalue weighted by Crippen LogP contribution is 2.21. The van der Waals surface area contributed by atoms with E-state index in [9.17, 15) is 9.59 Å². The van der Waals surface area contributed by atoms with Crippen molar-refractivity contribution in [2.45, 2.75) is 32.8 Å². The van der Waals surface area contributed by atoms with E-state index in [-0.39, 0.29) is 6.42 Å². The predicted molar refractivity (Wildman–Crippen MR) is 79.2 cm³/mol. The minimum atomic E-state index is -0.943. The van der Waals surface area contributed by atoms with Crippen LogP contribution in [0.4, 0.5) is 0 Å². The average molecular weight is 292 g/mol. The smallest absolute Gasteiger partial charge is 0.331 e. The molecule has 0 atom stereocenters. The molecule has 0 bridgehead atoms. The molecule has 0 fully saturated rings. The van der Waals surface area contributed by atoms with Gasteiger partial charge in [0.1, 0.15) is 11.4 Å². The molecule has 1 N–H and O–H groups in total. The van der Waals surface area contributed by atoms with Gasteiger partial charge in [-0.1, -0.05) is 6.07 Å². The Morgan fingerprint density at radius 1 is 1.29 bits per heavy atom. The van der Waals surface area contributed by atoms with Crippen molar-refractivity contribution in [3.8, 4) is 5.75 Å². The maximum Gasteiger partial charge on any atom is 0.331 e. The molecule has 0 amide bonds. The molecule has 0 unspecified atom stereocenters. The maximum absolute atomic E-state index is 11.6. The quantitative estimate of drug-likeness (QED) is 0.667. The molecule has 0 radical (unpaired) electrons. The number of hydrogen-bond donors (Lipinski definition) is 1. The monoisotopic (exact) mass is 292 g/mol. The number of benzene rings is 1. The van der Waals surface area contributed by atoms with Crippen LogP contribution in [0, 0.1) is 0 Å². The van der Waals surface area contributed by atoms with Crippen molar-refractivity contribution in [3.05, 3.63) is 35.4 Å². The van der Waals surface area contributed by atoms with Gasteiger partial charge in [0.05, 0.1) is 13.5 Å². The fourth-order valence-electron chi connectivity index (χ4n) is 1.70. The van der Waals surface area contributed by atoms with Gasteiger partial charge in [0, 0.05) is 11.6 Å². The summed E-state index contributed by atoms with van der Waals surface area (Å²) in [5.74, 6) is -0.883. The topological polar surface area (TPSA) is 72.8 Å². The van der Waals surface area contributed by atoms with E-state index in [0.717, 1.165) is 0 Å². The molecule has 1 aromatic carbocycles. The zero-order chi connectivity index (χ0) is 16.0. The summed E-state index contributed by atoms with van der Waals surface area (Å²) in [6.45, 7) is 5.37. The molecule has 21 heavy (non-hydrogen) atoms. The van der Waals surface area contributed by atoms with Crippen molar-refractivity contribution in [2.24, 2.45) is 0 Å². The van der Waals surface area contributed by atoms with Crippen molar-refractivity contribution >= 4 is 18.0 Å². The number of carboxylic acid groups (broad SMARTS) is 1. The fourth-order valence-corrected chi connectivity index (χ4v) is 1.70. The molecule has 1 aromatic rings. The van der Waals surface area contributed by atoms with Gasteiger partial charge < -0.3 is 14.6 Å². The first-order chi connectivity index (χ1) is 9.71. The minimum Gasteiger partial charge on any atom is -0.496 e. The molecule has 0 saturated carbocycles. The Bertz CT molecular complexity index is 552. The third kappa shape index (κ3) is 6.12. The van der Waals surface area contributed by atoms with Crippen LogP contribution in [-0.4, -0.2) is 29.8 Å². The molecule has 0 aromatic heterocycles. The Morgan fingerprint density at radius 2 is 1.95 bits per heavy atom. The third-order valence-corrected chi connectivity index (χ3v) is 2.46. The van der Waals surface area contributed by atoms with Crippen LogP contribution >= 0.6 is 0 Å². The van der Waals surface area contributed by atoms with Gasteiger partial charge in [0.2, 0.25) is 0 Å². The van der Waals surface area contributed by atoms with Gasteiger partial charge in [-0.2, -0.15) is 0 Å². The summed E-state index contributed by atoms with van der Waals surface area (Å²) in [6.07, 6.45) is 2.76. The van der Waals surface area contributed by atoms with Crippen molar-refractivity contribution in [2.75, 3.05) is 7.11 Å². The predicted octanol–water partition coefficient (Wildman–Crippen LogP) is 2.68. The summed E-state index contributed by atoms with van der Waals surface area (Å²) in [6, 6.07) is 5.09. The zero-order valence-electron chi connectivity index (χ0n) is 12.7. The molecule has 5 nitrogen and oxygen atoms in total. The highest BCUT2D eigenvalue weighted by Gasteiger charge is 2.14. The number of methoxy groups -OCH3 is 1. The van der Waals surface area contributed by atoms with Crippen molar-refractivity contribution < 1.29 is 24.2 Å². The Labute approximate surface area is 124 Å².